The highest BCUT2D eigenvalue weighted by Crippen LogP contribution is 2.43. The Morgan fingerprint density at radius 3 is 2.86 bits per heavy atom. The number of hydrogen-bond donors (Lipinski definition) is 0. The smallest absolute Gasteiger partial charge is 0.334 e. The third kappa shape index (κ3) is 1.05. The summed E-state index contributed by atoms with van der Waals surface area (Å²) >= 11 is 0. The summed E-state index contributed by atoms with van der Waals surface area (Å²) in [4.78, 5) is 22.8. The van der Waals surface area contributed by atoms with Crippen LogP contribution in [0.1, 0.15) is 20.3 Å². The highest BCUT2D eigenvalue weighted by molar-refractivity contribution is 6.00. The molecule has 1 fully saturated rings. The van der Waals surface area contributed by atoms with Gasteiger partial charge in [0.15, 0.2) is 5.78 Å². The molecule has 1 aliphatic heterocycles. The summed E-state index contributed by atoms with van der Waals surface area (Å²) < 4.78 is 5.22. The molecule has 0 aromatic rings. The monoisotopic (exact) mass is 192 g/mol. The zero-order valence-electron chi connectivity index (χ0n) is 8.29. The van der Waals surface area contributed by atoms with Gasteiger partial charge in [-0.2, -0.15) is 0 Å². The molecule has 0 radical (unpaired) electrons. The van der Waals surface area contributed by atoms with Crippen molar-refractivity contribution in [2.75, 3.05) is 0 Å². The van der Waals surface area contributed by atoms with Gasteiger partial charge in [0.05, 0.1) is 0 Å². The van der Waals surface area contributed by atoms with Crippen LogP contribution in [0.5, 0.6) is 0 Å². The van der Waals surface area contributed by atoms with Gasteiger partial charge in [0.2, 0.25) is 0 Å². The molecule has 0 spiro atoms. The van der Waals surface area contributed by atoms with Crippen LogP contribution in [0.15, 0.2) is 23.8 Å². The van der Waals surface area contributed by atoms with Gasteiger partial charge in [-0.3, -0.25) is 4.79 Å². The lowest BCUT2D eigenvalue weighted by atomic mass is 9.76. The number of fused-ring (bicyclic) bond motifs is 1. The maximum absolute atomic E-state index is 11.5. The fourth-order valence-electron chi connectivity index (χ4n) is 2.14. The second kappa shape index (κ2) is 2.56. The molecular formula is C11H12O3. The molecule has 3 nitrogen and oxygen atoms in total. The maximum Gasteiger partial charge on any atom is 0.334 e. The molecule has 2 atom stereocenters. The molecule has 0 amide bonds. The largest absolute Gasteiger partial charge is 0.451 e. The maximum atomic E-state index is 11.5. The van der Waals surface area contributed by atoms with Crippen LogP contribution in [0.2, 0.25) is 0 Å². The number of allylic oxidation sites excluding steroid dienone is 1. The molecule has 1 saturated heterocycles. The van der Waals surface area contributed by atoms with Gasteiger partial charge in [0, 0.05) is 17.9 Å². The minimum absolute atomic E-state index is 0.0759. The first-order valence-electron chi connectivity index (χ1n) is 4.59. The summed E-state index contributed by atoms with van der Waals surface area (Å²) in [7, 11) is 0. The lowest BCUT2D eigenvalue weighted by Crippen LogP contribution is -2.35. The van der Waals surface area contributed by atoms with Crippen LogP contribution in [-0.4, -0.2) is 17.4 Å². The third-order valence-electron chi connectivity index (χ3n) is 3.02. The first kappa shape index (κ1) is 9.19. The van der Waals surface area contributed by atoms with Crippen LogP contribution in [0.25, 0.3) is 0 Å². The Morgan fingerprint density at radius 1 is 1.57 bits per heavy atom. The van der Waals surface area contributed by atoms with Crippen LogP contribution in [0.4, 0.5) is 0 Å². The second-order valence-corrected chi connectivity index (χ2v) is 4.11. The molecule has 0 aromatic carbocycles. The van der Waals surface area contributed by atoms with Crippen molar-refractivity contribution in [3.05, 3.63) is 23.8 Å². The zero-order valence-corrected chi connectivity index (χ0v) is 8.29. The Hall–Kier alpha value is -1.38. The van der Waals surface area contributed by atoms with Crippen molar-refractivity contribution in [1.82, 2.24) is 0 Å². The number of carbonyl (C=O) groups excluding carboxylic acids is 2. The normalized spacial score (nSPS) is 36.6. The van der Waals surface area contributed by atoms with Gasteiger partial charge in [-0.25, -0.2) is 4.79 Å². The van der Waals surface area contributed by atoms with Crippen LogP contribution in [-0.2, 0) is 14.3 Å². The summed E-state index contributed by atoms with van der Waals surface area (Å²) in [6.07, 6.45) is 2.07. The minimum Gasteiger partial charge on any atom is -0.451 e. The molecule has 2 aliphatic rings. The minimum atomic E-state index is -0.647. The van der Waals surface area contributed by atoms with Crippen LogP contribution in [0.3, 0.4) is 0 Å². The number of ether oxygens (including phenoxy) is 1. The van der Waals surface area contributed by atoms with Crippen molar-refractivity contribution >= 4 is 11.8 Å². The SMILES string of the molecule is C=C1C(=O)O[C@@]2(C)C=C(C)C(=O)C[C@@H]12. The van der Waals surface area contributed by atoms with Crippen molar-refractivity contribution in [2.24, 2.45) is 5.92 Å². The molecule has 1 aliphatic carbocycles. The van der Waals surface area contributed by atoms with E-state index in [0.717, 1.165) is 0 Å². The lowest BCUT2D eigenvalue weighted by molar-refractivity contribution is -0.143. The van der Waals surface area contributed by atoms with Crippen LogP contribution in [0, 0.1) is 5.92 Å². The average Bonchev–Trinajstić information content (AvgIpc) is 2.28. The molecule has 0 saturated carbocycles. The van der Waals surface area contributed by atoms with Crippen molar-refractivity contribution < 1.29 is 14.3 Å². The van der Waals surface area contributed by atoms with E-state index in [-0.39, 0.29) is 17.7 Å². The zero-order chi connectivity index (χ0) is 10.5. The van der Waals surface area contributed by atoms with Crippen molar-refractivity contribution in [3.63, 3.8) is 0 Å². The molecule has 2 rings (SSSR count). The highest BCUT2D eigenvalue weighted by Gasteiger charge is 2.50. The fourth-order valence-corrected chi connectivity index (χ4v) is 2.14. The summed E-state index contributed by atoms with van der Waals surface area (Å²) in [5.41, 5.74) is 0.447. The first-order chi connectivity index (χ1) is 6.44. The Morgan fingerprint density at radius 2 is 2.21 bits per heavy atom. The van der Waals surface area contributed by atoms with Gasteiger partial charge in [-0.15, -0.1) is 0 Å². The summed E-state index contributed by atoms with van der Waals surface area (Å²) in [6.45, 7) is 7.24. The van der Waals surface area contributed by atoms with Crippen LogP contribution >= 0.6 is 0 Å². The van der Waals surface area contributed by atoms with E-state index in [9.17, 15) is 9.59 Å². The molecule has 0 bridgehead atoms. The van der Waals surface area contributed by atoms with Crippen molar-refractivity contribution in [3.8, 4) is 0 Å². The number of hydrogen-bond acceptors (Lipinski definition) is 3. The average molecular weight is 192 g/mol. The van der Waals surface area contributed by atoms with E-state index < -0.39 is 5.60 Å². The van der Waals surface area contributed by atoms with Gasteiger partial charge in [-0.1, -0.05) is 6.58 Å². The first-order valence-corrected chi connectivity index (χ1v) is 4.59. The van der Waals surface area contributed by atoms with E-state index in [1.807, 2.05) is 6.92 Å². The van der Waals surface area contributed by atoms with Crippen LogP contribution < -0.4 is 0 Å². The molecule has 14 heavy (non-hydrogen) atoms. The second-order valence-electron chi connectivity index (χ2n) is 4.11. The van der Waals surface area contributed by atoms with Gasteiger partial charge < -0.3 is 4.74 Å². The van der Waals surface area contributed by atoms with E-state index in [1.54, 1.807) is 13.0 Å². The Balaban J connectivity index is 2.48. The molecule has 74 valence electrons. The lowest BCUT2D eigenvalue weighted by Gasteiger charge is -2.30. The van der Waals surface area contributed by atoms with Gasteiger partial charge in [0.25, 0.3) is 0 Å². The van der Waals surface area contributed by atoms with E-state index in [4.69, 9.17) is 4.74 Å². The van der Waals surface area contributed by atoms with Gasteiger partial charge in [0.1, 0.15) is 5.60 Å². The summed E-state index contributed by atoms with van der Waals surface area (Å²) in [5, 5.41) is 0. The van der Waals surface area contributed by atoms with E-state index in [2.05, 4.69) is 6.58 Å². The van der Waals surface area contributed by atoms with Crippen molar-refractivity contribution in [2.45, 2.75) is 25.9 Å². The Kier molecular flexibility index (Phi) is 1.68. The number of esters is 1. The molecule has 0 N–H and O–H groups in total. The summed E-state index contributed by atoms with van der Waals surface area (Å²) in [6, 6.07) is 0. The fraction of sp³-hybridized carbons (Fsp3) is 0.455. The highest BCUT2D eigenvalue weighted by atomic mass is 16.6. The van der Waals surface area contributed by atoms with Crippen molar-refractivity contribution in [1.29, 1.82) is 0 Å². The predicted molar refractivity (Wildman–Crippen MR) is 50.5 cm³/mol. The Bertz CT molecular complexity index is 378. The Labute approximate surface area is 82.4 Å². The standard InChI is InChI=1S/C11H12O3/c1-6-5-11(3)8(4-9(6)12)7(2)10(13)14-11/h5,8H,2,4H2,1,3H3/t8-,11-/m0/s1. The topological polar surface area (TPSA) is 43.4 Å². The predicted octanol–water partition coefficient (Wildman–Crippen LogP) is 1.39. The molecule has 3 heteroatoms. The molecule has 0 unspecified atom stereocenters. The molecular weight excluding hydrogens is 180 g/mol. The molecule has 1 heterocycles. The van der Waals surface area contributed by atoms with E-state index in [1.165, 1.54) is 0 Å². The van der Waals surface area contributed by atoms with Gasteiger partial charge in [-0.05, 0) is 25.5 Å². The third-order valence-corrected chi connectivity index (χ3v) is 3.02. The quantitative estimate of drug-likeness (QED) is 0.430. The number of rotatable bonds is 0. The van der Waals surface area contributed by atoms with Gasteiger partial charge >= 0.3 is 5.97 Å². The van der Waals surface area contributed by atoms with E-state index in [0.29, 0.717) is 17.6 Å². The number of carbonyl (C=O) groups is 2. The number of ketones is 1. The van der Waals surface area contributed by atoms with E-state index >= 15 is 0 Å². The summed E-state index contributed by atoms with van der Waals surface area (Å²) in [5.74, 6) is -0.477. The molecule has 0 aromatic heterocycles. The number of Topliss-reactive ketones (excluding diaryl/α,β-unsaturated/α-hetero) is 1.